The highest BCUT2D eigenvalue weighted by Crippen LogP contribution is 2.19. The Bertz CT molecular complexity index is 442. The normalized spacial score (nSPS) is 22.9. The van der Waals surface area contributed by atoms with Crippen LogP contribution in [0.15, 0.2) is 35.3 Å². The average Bonchev–Trinajstić information content (AvgIpc) is 2.40. The lowest BCUT2D eigenvalue weighted by Gasteiger charge is -2.27. The summed E-state index contributed by atoms with van der Waals surface area (Å²) in [6.45, 7) is 4.48. The predicted octanol–water partition coefficient (Wildman–Crippen LogP) is 2.03. The Labute approximate surface area is 107 Å². The minimum atomic E-state index is -0.308. The number of nitrogens with zero attached hydrogens (tertiary/aromatic N) is 1. The van der Waals surface area contributed by atoms with Crippen molar-refractivity contribution in [1.29, 1.82) is 0 Å². The highest BCUT2D eigenvalue weighted by atomic mass is 16.5. The van der Waals surface area contributed by atoms with Crippen molar-refractivity contribution in [2.45, 2.75) is 20.0 Å². The molecule has 1 aliphatic heterocycles. The molecule has 0 spiro atoms. The first-order valence-electron chi connectivity index (χ1n) is 6.15. The van der Waals surface area contributed by atoms with Gasteiger partial charge in [0.2, 0.25) is 5.90 Å². The van der Waals surface area contributed by atoms with E-state index in [-0.39, 0.29) is 18.0 Å². The van der Waals surface area contributed by atoms with Gasteiger partial charge in [-0.1, -0.05) is 18.2 Å². The number of benzene rings is 1. The fourth-order valence-electron chi connectivity index (χ4n) is 1.88. The highest BCUT2D eigenvalue weighted by Gasteiger charge is 2.32. The zero-order valence-corrected chi connectivity index (χ0v) is 10.6. The van der Waals surface area contributed by atoms with Crippen LogP contribution in [0.25, 0.3) is 0 Å². The van der Waals surface area contributed by atoms with Gasteiger partial charge in [0.1, 0.15) is 12.0 Å². The lowest BCUT2D eigenvalue weighted by Crippen LogP contribution is -2.37. The Balaban J connectivity index is 2.10. The molecule has 18 heavy (non-hydrogen) atoms. The molecule has 1 aliphatic rings. The molecule has 0 amide bonds. The first-order chi connectivity index (χ1) is 8.72. The number of carbonyl (C=O) groups is 1. The van der Waals surface area contributed by atoms with E-state index in [0.29, 0.717) is 19.0 Å². The van der Waals surface area contributed by atoms with Crippen molar-refractivity contribution in [1.82, 2.24) is 0 Å². The van der Waals surface area contributed by atoms with E-state index in [9.17, 15) is 4.79 Å². The van der Waals surface area contributed by atoms with Crippen molar-refractivity contribution in [2.75, 3.05) is 13.2 Å². The monoisotopic (exact) mass is 247 g/mol. The van der Waals surface area contributed by atoms with E-state index in [1.54, 1.807) is 6.92 Å². The zero-order valence-electron chi connectivity index (χ0n) is 10.6. The third-order valence-electron chi connectivity index (χ3n) is 2.91. The predicted molar refractivity (Wildman–Crippen MR) is 68.5 cm³/mol. The van der Waals surface area contributed by atoms with Crippen LogP contribution in [0.4, 0.5) is 0 Å². The van der Waals surface area contributed by atoms with Gasteiger partial charge in [-0.2, -0.15) is 0 Å². The van der Waals surface area contributed by atoms with Crippen LogP contribution >= 0.6 is 0 Å². The van der Waals surface area contributed by atoms with E-state index >= 15 is 0 Å². The molecule has 1 heterocycles. The van der Waals surface area contributed by atoms with Gasteiger partial charge in [-0.05, 0) is 26.0 Å². The van der Waals surface area contributed by atoms with E-state index in [1.807, 2.05) is 37.3 Å². The molecule has 0 fully saturated rings. The van der Waals surface area contributed by atoms with Gasteiger partial charge in [0.25, 0.3) is 0 Å². The SMILES string of the molecule is CCOC(=O)[C@H]1CN=C(c2ccccc2)O[C@@H]1C. The van der Waals surface area contributed by atoms with Gasteiger partial charge in [0.05, 0.1) is 13.2 Å². The molecule has 1 aromatic rings. The molecule has 0 unspecified atom stereocenters. The molecule has 0 radical (unpaired) electrons. The largest absolute Gasteiger partial charge is 0.473 e. The zero-order chi connectivity index (χ0) is 13.0. The number of hydrogen-bond acceptors (Lipinski definition) is 4. The highest BCUT2D eigenvalue weighted by molar-refractivity contribution is 5.95. The van der Waals surface area contributed by atoms with E-state index in [2.05, 4.69) is 4.99 Å². The lowest BCUT2D eigenvalue weighted by atomic mass is 10.0. The summed E-state index contributed by atoms with van der Waals surface area (Å²) in [5.41, 5.74) is 0.937. The number of aliphatic imine (C=N–C) groups is 1. The van der Waals surface area contributed by atoms with Crippen LogP contribution in [0.5, 0.6) is 0 Å². The fourth-order valence-corrected chi connectivity index (χ4v) is 1.88. The van der Waals surface area contributed by atoms with Crippen molar-refractivity contribution in [3.05, 3.63) is 35.9 Å². The van der Waals surface area contributed by atoms with E-state index in [0.717, 1.165) is 5.56 Å². The maximum absolute atomic E-state index is 11.7. The number of hydrogen-bond donors (Lipinski definition) is 0. The molecule has 4 heteroatoms. The van der Waals surface area contributed by atoms with Crippen molar-refractivity contribution >= 4 is 11.9 Å². The molecule has 96 valence electrons. The molecule has 0 aromatic heterocycles. The van der Waals surface area contributed by atoms with Crippen LogP contribution in [0.3, 0.4) is 0 Å². The summed E-state index contributed by atoms with van der Waals surface area (Å²) in [6.07, 6.45) is -0.211. The molecule has 0 saturated heterocycles. The van der Waals surface area contributed by atoms with Crippen molar-refractivity contribution in [2.24, 2.45) is 10.9 Å². The summed E-state index contributed by atoms with van der Waals surface area (Å²) >= 11 is 0. The first-order valence-corrected chi connectivity index (χ1v) is 6.15. The Hall–Kier alpha value is -1.84. The number of ether oxygens (including phenoxy) is 2. The Morgan fingerprint density at radius 2 is 2.17 bits per heavy atom. The molecule has 2 atom stereocenters. The van der Waals surface area contributed by atoms with Crippen molar-refractivity contribution in [3.8, 4) is 0 Å². The molecule has 0 N–H and O–H groups in total. The van der Waals surface area contributed by atoms with Gasteiger partial charge in [-0.15, -0.1) is 0 Å². The van der Waals surface area contributed by atoms with Gasteiger partial charge >= 0.3 is 5.97 Å². The molecule has 1 aromatic carbocycles. The summed E-state index contributed by atoms with van der Waals surface area (Å²) < 4.78 is 10.7. The summed E-state index contributed by atoms with van der Waals surface area (Å²) in [7, 11) is 0. The molecule has 0 aliphatic carbocycles. The average molecular weight is 247 g/mol. The molecule has 4 nitrogen and oxygen atoms in total. The Kier molecular flexibility index (Phi) is 3.97. The molecule has 0 saturated carbocycles. The van der Waals surface area contributed by atoms with Gasteiger partial charge in [-0.3, -0.25) is 9.79 Å². The minimum Gasteiger partial charge on any atom is -0.473 e. The lowest BCUT2D eigenvalue weighted by molar-refractivity contribution is -0.151. The van der Waals surface area contributed by atoms with Gasteiger partial charge in [-0.25, -0.2) is 0 Å². The van der Waals surface area contributed by atoms with Crippen LogP contribution in [0.2, 0.25) is 0 Å². The van der Waals surface area contributed by atoms with Crippen LogP contribution in [-0.4, -0.2) is 31.1 Å². The van der Waals surface area contributed by atoms with E-state index < -0.39 is 0 Å². The summed E-state index contributed by atoms with van der Waals surface area (Å²) in [6, 6.07) is 9.69. The summed E-state index contributed by atoms with van der Waals surface area (Å²) in [4.78, 5) is 16.0. The van der Waals surface area contributed by atoms with Gasteiger partial charge in [0, 0.05) is 5.56 Å². The second-order valence-corrected chi connectivity index (χ2v) is 4.19. The van der Waals surface area contributed by atoms with Crippen molar-refractivity contribution in [3.63, 3.8) is 0 Å². The van der Waals surface area contributed by atoms with Gasteiger partial charge < -0.3 is 9.47 Å². The third kappa shape index (κ3) is 2.70. The third-order valence-corrected chi connectivity index (χ3v) is 2.91. The quantitative estimate of drug-likeness (QED) is 0.768. The van der Waals surface area contributed by atoms with E-state index in [4.69, 9.17) is 9.47 Å². The maximum atomic E-state index is 11.7. The number of carbonyl (C=O) groups excluding carboxylic acids is 1. The fraction of sp³-hybridized carbons (Fsp3) is 0.429. The maximum Gasteiger partial charge on any atom is 0.314 e. The summed E-state index contributed by atoms with van der Waals surface area (Å²) in [5, 5.41) is 0. The number of rotatable bonds is 3. The van der Waals surface area contributed by atoms with Crippen LogP contribution < -0.4 is 0 Å². The molecule has 2 rings (SSSR count). The van der Waals surface area contributed by atoms with Crippen LogP contribution in [0.1, 0.15) is 19.4 Å². The second kappa shape index (κ2) is 5.67. The standard InChI is InChI=1S/C14H17NO3/c1-3-17-14(16)12-9-15-13(18-10(12)2)11-7-5-4-6-8-11/h4-8,10,12H,3,9H2,1-2H3/t10-,12+/m1/s1. The topological polar surface area (TPSA) is 47.9 Å². The number of esters is 1. The Morgan fingerprint density at radius 1 is 1.44 bits per heavy atom. The second-order valence-electron chi connectivity index (χ2n) is 4.19. The van der Waals surface area contributed by atoms with Crippen LogP contribution in [-0.2, 0) is 14.3 Å². The smallest absolute Gasteiger partial charge is 0.314 e. The van der Waals surface area contributed by atoms with Crippen LogP contribution in [0, 0.1) is 5.92 Å². The molecule has 0 bridgehead atoms. The summed E-state index contributed by atoms with van der Waals surface area (Å²) in [5.74, 6) is 0.0573. The van der Waals surface area contributed by atoms with Gasteiger partial charge in [0.15, 0.2) is 0 Å². The molecular weight excluding hydrogens is 230 g/mol. The van der Waals surface area contributed by atoms with E-state index in [1.165, 1.54) is 0 Å². The molecular formula is C14H17NO3. The minimum absolute atomic E-state index is 0.211. The Morgan fingerprint density at radius 3 is 2.78 bits per heavy atom. The van der Waals surface area contributed by atoms with Crippen molar-refractivity contribution < 1.29 is 14.3 Å². The first kappa shape index (κ1) is 12.6.